The van der Waals surface area contributed by atoms with E-state index in [1.54, 1.807) is 0 Å². The van der Waals surface area contributed by atoms with Gasteiger partial charge in [0.15, 0.2) is 11.6 Å². The summed E-state index contributed by atoms with van der Waals surface area (Å²) in [5, 5.41) is 15.3. The van der Waals surface area contributed by atoms with Crippen LogP contribution in [0.4, 0.5) is 0 Å². The molecule has 6 nitrogen and oxygen atoms in total. The normalized spacial score (nSPS) is 11.9. The van der Waals surface area contributed by atoms with Crippen molar-refractivity contribution in [3.63, 3.8) is 0 Å². The molecule has 0 saturated carbocycles. The molecule has 0 fully saturated rings. The van der Waals surface area contributed by atoms with Gasteiger partial charge in [0, 0.05) is 49.4 Å². The van der Waals surface area contributed by atoms with Gasteiger partial charge >= 0.3 is 0 Å². The molecule has 0 aliphatic heterocycles. The van der Waals surface area contributed by atoms with E-state index in [4.69, 9.17) is 15.2 Å². The highest BCUT2D eigenvalue weighted by atomic mass is 15.3. The summed E-state index contributed by atoms with van der Waals surface area (Å²) < 4.78 is 6.89. The molecule has 6 heteroatoms. The predicted molar refractivity (Wildman–Crippen MR) is 208 cm³/mol. The lowest BCUT2D eigenvalue weighted by molar-refractivity contribution is 1.07. The highest BCUT2D eigenvalue weighted by molar-refractivity contribution is 6.28. The van der Waals surface area contributed by atoms with Crippen molar-refractivity contribution in [2.75, 3.05) is 0 Å². The zero-order valence-corrected chi connectivity index (χ0v) is 27.3. The molecule has 0 spiro atoms. The lowest BCUT2D eigenvalue weighted by Crippen LogP contribution is -2.02. The van der Waals surface area contributed by atoms with E-state index in [0.29, 0.717) is 0 Å². The molecule has 238 valence electrons. The van der Waals surface area contributed by atoms with E-state index in [2.05, 4.69) is 147 Å². The third-order valence-electron chi connectivity index (χ3n) is 10.1. The molecule has 0 unspecified atom stereocenters. The highest BCUT2D eigenvalue weighted by Gasteiger charge is 2.21. The molecule has 51 heavy (non-hydrogen) atoms. The van der Waals surface area contributed by atoms with Crippen molar-refractivity contribution in [1.29, 1.82) is 0 Å². The maximum absolute atomic E-state index is 5.20. The standard InChI is InChI=1S/C45H28N6/c1-3-13-29(14-4-1)43-47-48-44(30-15-5-2-6-16-30)50(43)32-25-23-31(24-26-32)49-38-20-10-7-17-33(38)34-27-28-36-41(42(34)49)35-18-8-11-21-39(35)51-40-22-12-9-19-37(40)46-45(36)51/h1-28H. The van der Waals surface area contributed by atoms with Crippen LogP contribution in [-0.2, 0) is 0 Å². The van der Waals surface area contributed by atoms with Crippen LogP contribution in [0.1, 0.15) is 0 Å². The first-order chi connectivity index (χ1) is 25.3. The number of pyridine rings is 1. The predicted octanol–water partition coefficient (Wildman–Crippen LogP) is 10.8. The van der Waals surface area contributed by atoms with Gasteiger partial charge < -0.3 is 4.57 Å². The minimum Gasteiger partial charge on any atom is -0.309 e. The van der Waals surface area contributed by atoms with E-state index in [1.165, 1.54) is 27.1 Å². The van der Waals surface area contributed by atoms with Crippen LogP contribution in [0, 0.1) is 0 Å². The van der Waals surface area contributed by atoms with Crippen LogP contribution < -0.4 is 0 Å². The van der Waals surface area contributed by atoms with E-state index >= 15 is 0 Å². The zero-order valence-electron chi connectivity index (χ0n) is 27.3. The van der Waals surface area contributed by atoms with Gasteiger partial charge in [0.05, 0.1) is 27.6 Å². The number of fused-ring (bicyclic) bond motifs is 12. The molecule has 0 N–H and O–H groups in total. The van der Waals surface area contributed by atoms with Crippen LogP contribution in [0.5, 0.6) is 0 Å². The largest absolute Gasteiger partial charge is 0.309 e. The smallest absolute Gasteiger partial charge is 0.168 e. The summed E-state index contributed by atoms with van der Waals surface area (Å²) in [6.07, 6.45) is 0. The summed E-state index contributed by atoms with van der Waals surface area (Å²) in [5.74, 6) is 1.60. The summed E-state index contributed by atoms with van der Waals surface area (Å²) >= 11 is 0. The van der Waals surface area contributed by atoms with Gasteiger partial charge in [-0.1, -0.05) is 115 Å². The summed E-state index contributed by atoms with van der Waals surface area (Å²) in [4.78, 5) is 5.20. The zero-order chi connectivity index (χ0) is 33.5. The number of benzene rings is 7. The highest BCUT2D eigenvalue weighted by Crippen LogP contribution is 2.42. The molecule has 7 aromatic carbocycles. The first kappa shape index (κ1) is 27.9. The first-order valence-electron chi connectivity index (χ1n) is 17.1. The van der Waals surface area contributed by atoms with Crippen molar-refractivity contribution < 1.29 is 0 Å². The second-order valence-electron chi connectivity index (χ2n) is 12.9. The molecular formula is C45H28N6. The van der Waals surface area contributed by atoms with Crippen LogP contribution in [0.25, 0.3) is 94.3 Å². The molecule has 0 aliphatic rings. The quantitative estimate of drug-likeness (QED) is 0.178. The second-order valence-corrected chi connectivity index (χ2v) is 12.9. The number of aromatic nitrogens is 6. The Balaban J connectivity index is 1.20. The average Bonchev–Trinajstić information content (AvgIpc) is 3.91. The molecule has 11 rings (SSSR count). The van der Waals surface area contributed by atoms with Gasteiger partial charge in [0.25, 0.3) is 0 Å². The summed E-state index contributed by atoms with van der Waals surface area (Å²) in [5.41, 5.74) is 10.6. The minimum atomic E-state index is 0.799. The van der Waals surface area contributed by atoms with Crippen molar-refractivity contribution in [3.05, 3.63) is 170 Å². The third-order valence-corrected chi connectivity index (χ3v) is 10.1. The fourth-order valence-corrected chi connectivity index (χ4v) is 7.94. The van der Waals surface area contributed by atoms with Gasteiger partial charge in [0.2, 0.25) is 0 Å². The van der Waals surface area contributed by atoms with Crippen LogP contribution in [0.15, 0.2) is 170 Å². The third kappa shape index (κ3) is 4.01. The van der Waals surface area contributed by atoms with Gasteiger partial charge in [-0.05, 0) is 54.6 Å². The monoisotopic (exact) mass is 652 g/mol. The molecule has 0 radical (unpaired) electrons. The lowest BCUT2D eigenvalue weighted by Gasteiger charge is -2.15. The molecular weight excluding hydrogens is 625 g/mol. The van der Waals surface area contributed by atoms with Gasteiger partial charge in [-0.2, -0.15) is 0 Å². The van der Waals surface area contributed by atoms with E-state index in [-0.39, 0.29) is 0 Å². The van der Waals surface area contributed by atoms with E-state index < -0.39 is 0 Å². The van der Waals surface area contributed by atoms with Crippen LogP contribution in [-0.4, -0.2) is 28.7 Å². The van der Waals surface area contributed by atoms with Gasteiger partial charge in [-0.3, -0.25) is 8.97 Å². The lowest BCUT2D eigenvalue weighted by atomic mass is 10.0. The summed E-state index contributed by atoms with van der Waals surface area (Å²) in [6, 6.07) is 59.7. The molecule has 0 aliphatic carbocycles. The number of para-hydroxylation sites is 4. The van der Waals surface area contributed by atoms with E-state index in [1.807, 2.05) is 36.4 Å². The Labute approximate surface area is 292 Å². The Kier molecular flexibility index (Phi) is 5.86. The first-order valence-corrected chi connectivity index (χ1v) is 17.1. The average molecular weight is 653 g/mol. The Hall–Kier alpha value is -7.05. The molecule has 0 amide bonds. The summed E-state index contributed by atoms with van der Waals surface area (Å²) in [6.45, 7) is 0. The SMILES string of the molecule is c1ccc(-c2nnc(-c3ccccc3)n2-c2ccc(-n3c4ccccc4c4ccc5c(c6ccccc6n6c7ccccc7nc56)c43)cc2)cc1. The van der Waals surface area contributed by atoms with Gasteiger partial charge in [0.1, 0.15) is 5.65 Å². The van der Waals surface area contributed by atoms with Gasteiger partial charge in [-0.25, -0.2) is 4.98 Å². The molecule has 0 atom stereocenters. The number of nitrogens with zero attached hydrogens (tertiary/aromatic N) is 6. The van der Waals surface area contributed by atoms with Crippen molar-refractivity contribution >= 4 is 60.2 Å². The number of rotatable bonds is 4. The van der Waals surface area contributed by atoms with E-state index in [0.717, 1.165) is 67.3 Å². The van der Waals surface area contributed by atoms with Crippen molar-refractivity contribution in [2.45, 2.75) is 0 Å². The Bertz CT molecular complexity index is 3060. The van der Waals surface area contributed by atoms with Crippen LogP contribution in [0.3, 0.4) is 0 Å². The number of hydrogen-bond donors (Lipinski definition) is 0. The van der Waals surface area contributed by atoms with Crippen LogP contribution >= 0.6 is 0 Å². The van der Waals surface area contributed by atoms with E-state index in [9.17, 15) is 0 Å². The molecule has 11 aromatic rings. The maximum Gasteiger partial charge on any atom is 0.168 e. The number of hydrogen-bond acceptors (Lipinski definition) is 3. The molecule has 0 saturated heterocycles. The topological polar surface area (TPSA) is 52.9 Å². The number of imidazole rings is 1. The van der Waals surface area contributed by atoms with Crippen molar-refractivity contribution in [3.8, 4) is 34.2 Å². The molecule has 4 aromatic heterocycles. The van der Waals surface area contributed by atoms with Crippen molar-refractivity contribution in [1.82, 2.24) is 28.7 Å². The summed E-state index contributed by atoms with van der Waals surface area (Å²) in [7, 11) is 0. The Morgan fingerprint density at radius 1 is 0.373 bits per heavy atom. The van der Waals surface area contributed by atoms with Crippen LogP contribution in [0.2, 0.25) is 0 Å². The van der Waals surface area contributed by atoms with Gasteiger partial charge in [-0.15, -0.1) is 10.2 Å². The Morgan fingerprint density at radius 3 is 1.59 bits per heavy atom. The fraction of sp³-hybridized carbons (Fsp3) is 0. The van der Waals surface area contributed by atoms with Crippen molar-refractivity contribution in [2.24, 2.45) is 0 Å². The molecule has 0 bridgehead atoms. The minimum absolute atomic E-state index is 0.799. The maximum atomic E-state index is 5.20. The Morgan fingerprint density at radius 2 is 0.902 bits per heavy atom. The fourth-order valence-electron chi connectivity index (χ4n) is 7.94. The second kappa shape index (κ2) is 10.7. The molecule has 4 heterocycles.